The van der Waals surface area contributed by atoms with Crippen molar-refractivity contribution in [3.8, 4) is 5.75 Å². The van der Waals surface area contributed by atoms with Crippen LogP contribution in [0.3, 0.4) is 0 Å². The molecule has 2 aromatic rings. The number of methoxy groups -OCH3 is 1. The SMILES string of the molecule is C.CC.CC.CC.CCN(CCNC(C)C)c1cc(N2CCN(C)C2=O)c2nc(C(=O)OC)c(O)c(=O)n2c1. The highest BCUT2D eigenvalue weighted by molar-refractivity contribution is 5.99. The van der Waals surface area contributed by atoms with Gasteiger partial charge in [0.25, 0.3) is 0 Å². The van der Waals surface area contributed by atoms with E-state index in [1.165, 1.54) is 9.30 Å². The minimum atomic E-state index is -0.933. The molecule has 3 heterocycles. The molecule has 0 spiro atoms. The van der Waals surface area contributed by atoms with Crippen molar-refractivity contribution in [2.24, 2.45) is 0 Å². The van der Waals surface area contributed by atoms with Crippen LogP contribution in [0.2, 0.25) is 0 Å². The molecule has 1 aliphatic rings. The number of amides is 2. The molecule has 2 amide bonds. The van der Waals surface area contributed by atoms with Gasteiger partial charge in [-0.3, -0.25) is 14.1 Å². The van der Waals surface area contributed by atoms with Crippen molar-refractivity contribution in [1.29, 1.82) is 0 Å². The first-order chi connectivity index (χ1) is 18.2. The van der Waals surface area contributed by atoms with Crippen molar-refractivity contribution in [3.05, 3.63) is 28.3 Å². The average molecular weight is 553 g/mol. The van der Waals surface area contributed by atoms with Gasteiger partial charge in [-0.05, 0) is 13.0 Å². The van der Waals surface area contributed by atoms with Gasteiger partial charge >= 0.3 is 17.6 Å². The molecule has 0 bridgehead atoms. The lowest BCUT2D eigenvalue weighted by Crippen LogP contribution is -2.36. The Morgan fingerprint density at radius 3 is 2.21 bits per heavy atom. The maximum atomic E-state index is 13.0. The van der Waals surface area contributed by atoms with Crippen LogP contribution in [0.5, 0.6) is 5.75 Å². The second kappa shape index (κ2) is 18.8. The summed E-state index contributed by atoms with van der Waals surface area (Å²) in [7, 11) is 2.83. The Kier molecular flexibility index (Phi) is 18.3. The number of aromatic nitrogens is 2. The van der Waals surface area contributed by atoms with Gasteiger partial charge in [0.05, 0.1) is 18.5 Å². The van der Waals surface area contributed by atoms with Crippen molar-refractivity contribution >= 4 is 29.0 Å². The van der Waals surface area contributed by atoms with Gasteiger partial charge in [0, 0.05) is 52.0 Å². The van der Waals surface area contributed by atoms with E-state index in [4.69, 9.17) is 0 Å². The van der Waals surface area contributed by atoms with Crippen LogP contribution in [-0.4, -0.2) is 84.3 Å². The monoisotopic (exact) mass is 552 g/mol. The molecule has 11 nitrogen and oxygen atoms in total. The lowest BCUT2D eigenvalue weighted by molar-refractivity contribution is 0.0590. The molecule has 2 N–H and O–H groups in total. The van der Waals surface area contributed by atoms with Crippen molar-refractivity contribution in [2.75, 3.05) is 56.7 Å². The van der Waals surface area contributed by atoms with Crippen LogP contribution in [0.25, 0.3) is 5.65 Å². The standard InChI is InChI=1S/C21H30N6O5.3C2H6.CH4/c1-6-25(8-7-22-13(2)3)14-11-15(26-10-9-24(4)21(26)31)18-23-16(20(30)32-5)17(28)19(29)27(18)12-14;3*1-2;/h11-13,22,28H,6-10H2,1-5H3;3*1-2H3;1H4. The summed E-state index contributed by atoms with van der Waals surface area (Å²) < 4.78 is 5.83. The van der Waals surface area contributed by atoms with E-state index in [0.717, 1.165) is 13.7 Å². The molecule has 1 fully saturated rings. The molecule has 0 atom stereocenters. The van der Waals surface area contributed by atoms with E-state index >= 15 is 0 Å². The Balaban J connectivity index is 0. The average Bonchev–Trinajstić information content (AvgIpc) is 3.28. The van der Waals surface area contributed by atoms with Crippen LogP contribution in [-0.2, 0) is 4.74 Å². The molecule has 0 saturated carbocycles. The molecule has 0 radical (unpaired) electrons. The summed E-state index contributed by atoms with van der Waals surface area (Å²) in [6.45, 7) is 21.1. The minimum Gasteiger partial charge on any atom is -0.501 e. The summed E-state index contributed by atoms with van der Waals surface area (Å²) in [6.07, 6.45) is 1.57. The lowest BCUT2D eigenvalue weighted by Gasteiger charge is -2.27. The van der Waals surface area contributed by atoms with E-state index in [1.54, 1.807) is 24.2 Å². The number of carbonyl (C=O) groups excluding carboxylic acids is 2. The number of esters is 1. The van der Waals surface area contributed by atoms with E-state index in [2.05, 4.69) is 33.8 Å². The fourth-order valence-electron chi connectivity index (χ4n) is 3.64. The second-order valence-corrected chi connectivity index (χ2v) is 7.93. The Hall–Kier alpha value is -3.34. The number of pyridine rings is 1. The predicted octanol–water partition coefficient (Wildman–Crippen LogP) is 4.60. The number of aromatic hydroxyl groups is 1. The van der Waals surface area contributed by atoms with E-state index in [1.807, 2.05) is 48.5 Å². The summed E-state index contributed by atoms with van der Waals surface area (Å²) >= 11 is 0. The molecule has 3 rings (SSSR count). The zero-order chi connectivity index (χ0) is 29.6. The third-order valence-corrected chi connectivity index (χ3v) is 5.43. The highest BCUT2D eigenvalue weighted by Gasteiger charge is 2.31. The predicted molar refractivity (Wildman–Crippen MR) is 162 cm³/mol. The Bertz CT molecular complexity index is 1090. The van der Waals surface area contributed by atoms with Gasteiger partial charge in [0.15, 0.2) is 11.3 Å². The van der Waals surface area contributed by atoms with Crippen molar-refractivity contribution in [3.63, 3.8) is 0 Å². The summed E-state index contributed by atoms with van der Waals surface area (Å²) in [4.78, 5) is 47.1. The van der Waals surface area contributed by atoms with Gasteiger partial charge in [0.1, 0.15) is 0 Å². The molecule has 39 heavy (non-hydrogen) atoms. The fraction of sp³-hybridized carbons (Fsp3) is 0.643. The Morgan fingerprint density at radius 1 is 1.15 bits per heavy atom. The lowest BCUT2D eigenvalue weighted by atomic mass is 10.2. The van der Waals surface area contributed by atoms with Crippen LogP contribution < -0.4 is 20.7 Å². The molecule has 0 unspecified atom stereocenters. The quantitative estimate of drug-likeness (QED) is 0.456. The van der Waals surface area contributed by atoms with Gasteiger partial charge in [-0.1, -0.05) is 62.8 Å². The number of urea groups is 1. The third-order valence-electron chi connectivity index (χ3n) is 5.43. The molecule has 1 aliphatic heterocycles. The van der Waals surface area contributed by atoms with Gasteiger partial charge in [-0.15, -0.1) is 0 Å². The highest BCUT2D eigenvalue weighted by Crippen LogP contribution is 2.30. The van der Waals surface area contributed by atoms with Gasteiger partial charge in [-0.2, -0.15) is 0 Å². The number of carbonyl (C=O) groups is 2. The van der Waals surface area contributed by atoms with Crippen molar-refractivity contribution in [2.45, 2.75) is 75.8 Å². The van der Waals surface area contributed by atoms with E-state index in [0.29, 0.717) is 43.6 Å². The first-order valence-corrected chi connectivity index (χ1v) is 13.6. The molecular formula is C28H52N6O5. The number of hydrogen-bond acceptors (Lipinski definition) is 8. The number of ether oxygens (including phenoxy) is 1. The highest BCUT2D eigenvalue weighted by atomic mass is 16.5. The fourth-order valence-corrected chi connectivity index (χ4v) is 3.64. The molecule has 0 aromatic carbocycles. The molecule has 224 valence electrons. The van der Waals surface area contributed by atoms with Gasteiger partial charge in [-0.25, -0.2) is 14.6 Å². The Morgan fingerprint density at radius 2 is 1.74 bits per heavy atom. The third kappa shape index (κ3) is 9.12. The van der Waals surface area contributed by atoms with Crippen molar-refractivity contribution < 1.29 is 19.4 Å². The molecule has 1 saturated heterocycles. The minimum absolute atomic E-state index is 0. The number of fused-ring (bicyclic) bond motifs is 1. The van der Waals surface area contributed by atoms with Crippen LogP contribution in [0.4, 0.5) is 16.2 Å². The number of hydrogen-bond donors (Lipinski definition) is 2. The van der Waals surface area contributed by atoms with E-state index in [9.17, 15) is 19.5 Å². The molecule has 2 aromatic heterocycles. The van der Waals surface area contributed by atoms with Crippen LogP contribution in [0, 0.1) is 0 Å². The molecular weight excluding hydrogens is 500 g/mol. The van der Waals surface area contributed by atoms with E-state index < -0.39 is 23.0 Å². The number of likely N-dealkylation sites (N-methyl/N-ethyl adjacent to an activating group) is 2. The van der Waals surface area contributed by atoms with Crippen LogP contribution >= 0.6 is 0 Å². The largest absolute Gasteiger partial charge is 0.501 e. The molecule has 0 aliphatic carbocycles. The smallest absolute Gasteiger partial charge is 0.360 e. The van der Waals surface area contributed by atoms with Gasteiger partial charge in [0.2, 0.25) is 5.75 Å². The second-order valence-electron chi connectivity index (χ2n) is 7.93. The van der Waals surface area contributed by atoms with Crippen LogP contribution in [0.1, 0.15) is 80.2 Å². The summed E-state index contributed by atoms with van der Waals surface area (Å²) in [6, 6.07) is 1.88. The van der Waals surface area contributed by atoms with Crippen molar-refractivity contribution in [1.82, 2.24) is 19.6 Å². The zero-order valence-corrected chi connectivity index (χ0v) is 25.1. The normalized spacial score (nSPS) is 11.9. The number of nitrogens with one attached hydrogen (secondary N) is 1. The Labute approximate surface area is 234 Å². The first kappa shape index (κ1) is 37.8. The zero-order valence-electron chi connectivity index (χ0n) is 25.1. The number of rotatable bonds is 8. The summed E-state index contributed by atoms with van der Waals surface area (Å²) in [5, 5.41) is 13.7. The maximum Gasteiger partial charge on any atom is 0.360 e. The maximum absolute atomic E-state index is 13.0. The van der Waals surface area contributed by atoms with Crippen LogP contribution in [0.15, 0.2) is 17.1 Å². The number of nitrogens with zero attached hydrogens (tertiary/aromatic N) is 5. The van der Waals surface area contributed by atoms with E-state index in [-0.39, 0.29) is 19.1 Å². The topological polar surface area (TPSA) is 120 Å². The summed E-state index contributed by atoms with van der Waals surface area (Å²) in [5.41, 5.74) is -0.127. The first-order valence-electron chi connectivity index (χ1n) is 13.6. The number of anilines is 2. The molecule has 11 heteroatoms. The summed E-state index contributed by atoms with van der Waals surface area (Å²) in [5.74, 6) is -1.73. The van der Waals surface area contributed by atoms with Gasteiger partial charge < -0.3 is 25.0 Å².